The number of hydrogen-bond acceptors (Lipinski definition) is 4. The zero-order chi connectivity index (χ0) is 16.5. The van der Waals surface area contributed by atoms with Crippen LogP contribution in [0, 0.1) is 0 Å². The molecule has 5 heteroatoms. The number of para-hydroxylation sites is 1. The molecule has 3 aromatic rings. The third kappa shape index (κ3) is 2.67. The smallest absolute Gasteiger partial charge is 0.240 e. The van der Waals surface area contributed by atoms with Crippen LogP contribution in [-0.2, 0) is 24.2 Å². The first-order chi connectivity index (χ1) is 11.7. The van der Waals surface area contributed by atoms with Crippen LogP contribution in [0.5, 0.6) is 0 Å². The van der Waals surface area contributed by atoms with E-state index in [9.17, 15) is 4.79 Å². The fourth-order valence-corrected chi connectivity index (χ4v) is 3.31. The van der Waals surface area contributed by atoms with Crippen LogP contribution in [0.15, 0.2) is 53.2 Å². The van der Waals surface area contributed by atoms with Crippen LogP contribution in [0.25, 0.3) is 11.0 Å². The minimum atomic E-state index is -0.535. The second kappa shape index (κ2) is 6.09. The molecule has 1 aliphatic heterocycles. The average molecular weight is 321 g/mol. The number of pyridine rings is 1. The average Bonchev–Trinajstić information content (AvgIpc) is 2.99. The fraction of sp³-hybridized carbons (Fsp3) is 0.263. The summed E-state index contributed by atoms with van der Waals surface area (Å²) in [7, 11) is 0. The van der Waals surface area contributed by atoms with Crippen molar-refractivity contribution in [1.29, 1.82) is 0 Å². The number of fused-ring (bicyclic) bond motifs is 3. The van der Waals surface area contributed by atoms with Gasteiger partial charge in [-0.2, -0.15) is 0 Å². The Morgan fingerprint density at radius 2 is 2.04 bits per heavy atom. The Kier molecular flexibility index (Phi) is 3.78. The quantitative estimate of drug-likeness (QED) is 0.803. The van der Waals surface area contributed by atoms with E-state index in [2.05, 4.69) is 4.98 Å². The first kappa shape index (κ1) is 14.9. The molecule has 1 aliphatic rings. The van der Waals surface area contributed by atoms with Gasteiger partial charge >= 0.3 is 0 Å². The second-order valence-corrected chi connectivity index (χ2v) is 6.18. The number of rotatable bonds is 3. The Bertz CT molecular complexity index is 873. The van der Waals surface area contributed by atoms with Crippen molar-refractivity contribution in [1.82, 2.24) is 9.88 Å². The Balaban J connectivity index is 1.52. The zero-order valence-corrected chi connectivity index (χ0v) is 13.3. The van der Waals surface area contributed by atoms with E-state index in [4.69, 9.17) is 10.2 Å². The van der Waals surface area contributed by atoms with Crippen molar-refractivity contribution >= 4 is 16.9 Å². The first-order valence-electron chi connectivity index (χ1n) is 8.15. The summed E-state index contributed by atoms with van der Waals surface area (Å²) in [6.45, 7) is 1.21. The van der Waals surface area contributed by atoms with Crippen LogP contribution in [0.1, 0.15) is 16.9 Å². The topological polar surface area (TPSA) is 72.4 Å². The Labute approximate surface area is 140 Å². The van der Waals surface area contributed by atoms with Crippen LogP contribution in [0.4, 0.5) is 0 Å². The largest absolute Gasteiger partial charge is 0.461 e. The van der Waals surface area contributed by atoms with Gasteiger partial charge in [0.1, 0.15) is 11.3 Å². The molecule has 1 atom stereocenters. The predicted octanol–water partition coefficient (Wildman–Crippen LogP) is 2.28. The van der Waals surface area contributed by atoms with Gasteiger partial charge in [-0.3, -0.25) is 9.78 Å². The molecule has 1 aromatic carbocycles. The van der Waals surface area contributed by atoms with Crippen molar-refractivity contribution in [3.63, 3.8) is 0 Å². The number of nitrogens with two attached hydrogens (primary N) is 1. The van der Waals surface area contributed by atoms with E-state index in [1.165, 1.54) is 0 Å². The molecule has 0 saturated carbocycles. The summed E-state index contributed by atoms with van der Waals surface area (Å²) in [5.41, 5.74) is 9.18. The van der Waals surface area contributed by atoms with Crippen molar-refractivity contribution in [2.45, 2.75) is 25.4 Å². The molecule has 0 spiro atoms. The van der Waals surface area contributed by atoms with Gasteiger partial charge in [0.05, 0.1) is 6.04 Å². The van der Waals surface area contributed by atoms with Gasteiger partial charge in [0, 0.05) is 42.9 Å². The first-order valence-corrected chi connectivity index (χ1v) is 8.15. The molecule has 3 heterocycles. The minimum absolute atomic E-state index is 0.0113. The van der Waals surface area contributed by atoms with Gasteiger partial charge in [-0.15, -0.1) is 0 Å². The van der Waals surface area contributed by atoms with Crippen molar-refractivity contribution < 1.29 is 9.21 Å². The number of nitrogens with zero attached hydrogens (tertiary/aromatic N) is 2. The van der Waals surface area contributed by atoms with E-state index in [1.54, 1.807) is 12.4 Å². The van der Waals surface area contributed by atoms with Crippen LogP contribution in [-0.4, -0.2) is 28.4 Å². The maximum absolute atomic E-state index is 12.7. The van der Waals surface area contributed by atoms with Gasteiger partial charge in [0.2, 0.25) is 5.91 Å². The predicted molar refractivity (Wildman–Crippen MR) is 91.3 cm³/mol. The van der Waals surface area contributed by atoms with Gasteiger partial charge in [-0.25, -0.2) is 0 Å². The van der Waals surface area contributed by atoms with Crippen molar-refractivity contribution in [3.8, 4) is 0 Å². The normalized spacial score (nSPS) is 15.3. The van der Waals surface area contributed by atoms with E-state index < -0.39 is 6.04 Å². The lowest BCUT2D eigenvalue weighted by Crippen LogP contribution is -2.46. The van der Waals surface area contributed by atoms with Gasteiger partial charge < -0.3 is 15.1 Å². The molecule has 122 valence electrons. The molecule has 0 saturated heterocycles. The number of carbonyl (C=O) groups excluding carboxylic acids is 1. The number of furan rings is 1. The summed E-state index contributed by atoms with van der Waals surface area (Å²) in [6.07, 6.45) is 4.70. The summed E-state index contributed by atoms with van der Waals surface area (Å²) in [5.74, 6) is 0.977. The molecule has 5 nitrogen and oxygen atoms in total. The third-order valence-corrected chi connectivity index (χ3v) is 4.57. The summed E-state index contributed by atoms with van der Waals surface area (Å²) in [4.78, 5) is 18.6. The van der Waals surface area contributed by atoms with Crippen LogP contribution in [0.3, 0.4) is 0 Å². The van der Waals surface area contributed by atoms with E-state index >= 15 is 0 Å². The SMILES string of the molecule is N[C@@H](Cc1ccncc1)C(=O)N1CCc2oc3ccccc3c2C1. The molecule has 2 aromatic heterocycles. The van der Waals surface area contributed by atoms with Crippen molar-refractivity contribution in [2.75, 3.05) is 6.54 Å². The van der Waals surface area contributed by atoms with Crippen LogP contribution < -0.4 is 5.73 Å². The van der Waals surface area contributed by atoms with E-state index in [-0.39, 0.29) is 5.91 Å². The van der Waals surface area contributed by atoms with E-state index in [1.807, 2.05) is 41.3 Å². The number of hydrogen-bond donors (Lipinski definition) is 1. The molecule has 2 N–H and O–H groups in total. The number of aromatic nitrogens is 1. The fourth-order valence-electron chi connectivity index (χ4n) is 3.31. The van der Waals surface area contributed by atoms with Crippen molar-refractivity contribution in [3.05, 3.63) is 65.7 Å². The summed E-state index contributed by atoms with van der Waals surface area (Å²) < 4.78 is 5.90. The van der Waals surface area contributed by atoms with Crippen LogP contribution >= 0.6 is 0 Å². The standard InChI is InChI=1S/C19H19N3O2/c20-16(11-13-5-8-21-9-6-13)19(23)22-10-7-18-15(12-22)14-3-1-2-4-17(14)24-18/h1-6,8-9,16H,7,10-12,20H2/t16-/m0/s1. The molecule has 0 fully saturated rings. The molecular formula is C19H19N3O2. The van der Waals surface area contributed by atoms with Gasteiger partial charge in [-0.05, 0) is 30.2 Å². The molecule has 0 radical (unpaired) electrons. The Hall–Kier alpha value is -2.66. The maximum atomic E-state index is 12.7. The number of carbonyl (C=O) groups is 1. The monoisotopic (exact) mass is 321 g/mol. The second-order valence-electron chi connectivity index (χ2n) is 6.18. The lowest BCUT2D eigenvalue weighted by molar-refractivity contribution is -0.133. The minimum Gasteiger partial charge on any atom is -0.461 e. The highest BCUT2D eigenvalue weighted by atomic mass is 16.3. The molecule has 4 rings (SSSR count). The zero-order valence-electron chi connectivity index (χ0n) is 13.3. The molecule has 0 aliphatic carbocycles. The lowest BCUT2D eigenvalue weighted by Gasteiger charge is -2.29. The Morgan fingerprint density at radius 1 is 1.25 bits per heavy atom. The molecule has 0 bridgehead atoms. The summed E-state index contributed by atoms with van der Waals surface area (Å²) in [6, 6.07) is 11.2. The van der Waals surface area contributed by atoms with E-state index in [0.29, 0.717) is 19.5 Å². The van der Waals surface area contributed by atoms with Crippen LogP contribution in [0.2, 0.25) is 0 Å². The number of amides is 1. The van der Waals surface area contributed by atoms with Gasteiger partial charge in [0.15, 0.2) is 0 Å². The molecule has 24 heavy (non-hydrogen) atoms. The highest BCUT2D eigenvalue weighted by Crippen LogP contribution is 2.30. The molecular weight excluding hydrogens is 302 g/mol. The molecule has 0 unspecified atom stereocenters. The van der Waals surface area contributed by atoms with E-state index in [0.717, 1.165) is 34.3 Å². The van der Waals surface area contributed by atoms with Gasteiger partial charge in [-0.1, -0.05) is 18.2 Å². The summed E-state index contributed by atoms with van der Waals surface area (Å²) in [5, 5.41) is 1.09. The Morgan fingerprint density at radius 3 is 2.88 bits per heavy atom. The lowest BCUT2D eigenvalue weighted by atomic mass is 10.0. The highest BCUT2D eigenvalue weighted by molar-refractivity contribution is 5.85. The third-order valence-electron chi connectivity index (χ3n) is 4.57. The molecule has 1 amide bonds. The highest BCUT2D eigenvalue weighted by Gasteiger charge is 2.28. The van der Waals surface area contributed by atoms with Gasteiger partial charge in [0.25, 0.3) is 0 Å². The summed E-state index contributed by atoms with van der Waals surface area (Å²) >= 11 is 0. The maximum Gasteiger partial charge on any atom is 0.240 e. The van der Waals surface area contributed by atoms with Crippen molar-refractivity contribution in [2.24, 2.45) is 5.73 Å². The number of benzene rings is 1.